The lowest BCUT2D eigenvalue weighted by Gasteiger charge is -2.39. The molecule has 0 bridgehead atoms. The lowest BCUT2D eigenvalue weighted by Crippen LogP contribution is -2.32. The molecule has 3 heteroatoms. The quantitative estimate of drug-likeness (QED) is 0.170. The summed E-state index contributed by atoms with van der Waals surface area (Å²) in [7, 11) is 0. The third kappa shape index (κ3) is 4.83. The van der Waals surface area contributed by atoms with E-state index in [0.29, 0.717) is 0 Å². The summed E-state index contributed by atoms with van der Waals surface area (Å²) in [6.07, 6.45) is 9.60. The average Bonchev–Trinajstić information content (AvgIpc) is 3.85. The highest BCUT2D eigenvalue weighted by Gasteiger charge is 2.51. The average molecular weight is 710 g/mol. The van der Waals surface area contributed by atoms with E-state index in [1.54, 1.807) is 0 Å². The highest BCUT2D eigenvalue weighted by molar-refractivity contribution is 6.12. The molecule has 0 fully saturated rings. The lowest BCUT2D eigenvalue weighted by atomic mass is 9.66. The summed E-state index contributed by atoms with van der Waals surface area (Å²) in [6, 6.07) is 54.2. The van der Waals surface area contributed by atoms with E-state index in [0.717, 1.165) is 66.7 Å². The molecular formula is C52H39NO2. The Labute approximate surface area is 320 Å². The topological polar surface area (TPSA) is 27.3 Å². The maximum atomic E-state index is 6.59. The summed E-state index contributed by atoms with van der Waals surface area (Å²) in [5, 5.41) is 4.66. The molecule has 1 aliphatic carbocycles. The summed E-state index contributed by atoms with van der Waals surface area (Å²) in [5.74, 6) is 1.79. The minimum absolute atomic E-state index is 0.534. The Morgan fingerprint density at radius 2 is 1.22 bits per heavy atom. The number of hydrogen-bond donors (Lipinski definition) is 0. The van der Waals surface area contributed by atoms with E-state index in [2.05, 4.69) is 183 Å². The molecule has 2 aromatic heterocycles. The molecule has 0 amide bonds. The van der Waals surface area contributed by atoms with Gasteiger partial charge in [-0.25, -0.2) is 0 Å². The van der Waals surface area contributed by atoms with Gasteiger partial charge in [-0.1, -0.05) is 142 Å². The minimum Gasteiger partial charge on any atom is -0.457 e. The molecule has 7 aromatic carbocycles. The maximum absolute atomic E-state index is 6.59. The summed E-state index contributed by atoms with van der Waals surface area (Å²) in [6.45, 7) is 8.32. The number of fused-ring (bicyclic) bond motifs is 15. The molecule has 0 saturated heterocycles. The lowest BCUT2D eigenvalue weighted by molar-refractivity contribution is 0.436. The molecule has 2 aliphatic rings. The molecule has 1 spiro atoms. The number of rotatable bonds is 4. The maximum Gasteiger partial charge on any atom is 0.135 e. The smallest absolute Gasteiger partial charge is 0.135 e. The molecule has 0 N–H and O–H groups in total. The van der Waals surface area contributed by atoms with Crippen molar-refractivity contribution in [3.8, 4) is 22.6 Å². The van der Waals surface area contributed by atoms with Crippen molar-refractivity contribution in [3.05, 3.63) is 204 Å². The SMILES string of the molecule is C=C/C=C(\C=C/n1c2ccccc2c2cc3c(cc21)C1(c2ccccc2Oc2ccccc21)c1ccccc1-3)c1ccc2oc3ccccc3c2c1.CCC. The van der Waals surface area contributed by atoms with Crippen LogP contribution >= 0.6 is 0 Å². The molecule has 3 nitrogen and oxygen atoms in total. The molecular weight excluding hydrogens is 671 g/mol. The fraction of sp³-hybridized carbons (Fsp3) is 0.0769. The summed E-state index contributed by atoms with van der Waals surface area (Å²) in [4.78, 5) is 0. The van der Waals surface area contributed by atoms with Gasteiger partial charge in [0.2, 0.25) is 0 Å². The van der Waals surface area contributed by atoms with Crippen molar-refractivity contribution in [2.24, 2.45) is 0 Å². The Bertz CT molecular complexity index is 3000. The van der Waals surface area contributed by atoms with Crippen molar-refractivity contribution >= 4 is 55.5 Å². The number of nitrogens with zero attached hydrogens (tertiary/aromatic N) is 1. The predicted molar refractivity (Wildman–Crippen MR) is 230 cm³/mol. The molecule has 55 heavy (non-hydrogen) atoms. The van der Waals surface area contributed by atoms with E-state index in [-0.39, 0.29) is 0 Å². The zero-order valence-corrected chi connectivity index (χ0v) is 30.9. The van der Waals surface area contributed by atoms with Gasteiger partial charge in [-0.3, -0.25) is 0 Å². The van der Waals surface area contributed by atoms with E-state index >= 15 is 0 Å². The first-order valence-corrected chi connectivity index (χ1v) is 19.1. The first-order valence-electron chi connectivity index (χ1n) is 19.1. The van der Waals surface area contributed by atoms with Gasteiger partial charge in [-0.05, 0) is 88.0 Å². The van der Waals surface area contributed by atoms with Gasteiger partial charge in [0.05, 0.1) is 16.4 Å². The molecule has 11 rings (SSSR count). The predicted octanol–water partition coefficient (Wildman–Crippen LogP) is 14.3. The van der Waals surface area contributed by atoms with Gasteiger partial charge in [0, 0.05) is 38.9 Å². The van der Waals surface area contributed by atoms with Crippen LogP contribution < -0.4 is 4.74 Å². The van der Waals surface area contributed by atoms with E-state index in [1.165, 1.54) is 39.4 Å². The number of hydrogen-bond acceptors (Lipinski definition) is 2. The summed E-state index contributed by atoms with van der Waals surface area (Å²) in [5.41, 5.74) is 13.1. The Balaban J connectivity index is 0.00000120. The second kappa shape index (κ2) is 12.9. The number of benzene rings is 7. The fourth-order valence-corrected chi connectivity index (χ4v) is 8.94. The van der Waals surface area contributed by atoms with Gasteiger partial charge in [-0.2, -0.15) is 0 Å². The van der Waals surface area contributed by atoms with Crippen molar-refractivity contribution < 1.29 is 9.15 Å². The van der Waals surface area contributed by atoms with E-state index in [1.807, 2.05) is 18.2 Å². The first-order chi connectivity index (χ1) is 27.1. The number of aromatic nitrogens is 1. The summed E-state index contributed by atoms with van der Waals surface area (Å²) >= 11 is 0. The normalized spacial score (nSPS) is 13.7. The molecule has 0 unspecified atom stereocenters. The first kappa shape index (κ1) is 32.8. The van der Waals surface area contributed by atoms with Crippen LogP contribution in [0.3, 0.4) is 0 Å². The number of furan rings is 1. The molecule has 1 aliphatic heterocycles. The van der Waals surface area contributed by atoms with E-state index < -0.39 is 5.41 Å². The third-order valence-corrected chi connectivity index (χ3v) is 11.1. The molecule has 0 atom stereocenters. The largest absolute Gasteiger partial charge is 0.457 e. The van der Waals surface area contributed by atoms with Crippen molar-refractivity contribution in [1.82, 2.24) is 4.57 Å². The Hall–Kier alpha value is -6.84. The van der Waals surface area contributed by atoms with Gasteiger partial charge >= 0.3 is 0 Å². The Morgan fingerprint density at radius 3 is 1.98 bits per heavy atom. The zero-order chi connectivity index (χ0) is 37.1. The van der Waals surface area contributed by atoms with Crippen molar-refractivity contribution in [1.29, 1.82) is 0 Å². The van der Waals surface area contributed by atoms with E-state index in [4.69, 9.17) is 9.15 Å². The molecule has 3 heterocycles. The Kier molecular flexibility index (Phi) is 7.71. The van der Waals surface area contributed by atoms with E-state index in [9.17, 15) is 0 Å². The second-order valence-corrected chi connectivity index (χ2v) is 14.4. The molecule has 264 valence electrons. The van der Waals surface area contributed by atoms with Gasteiger partial charge < -0.3 is 13.7 Å². The molecule has 9 aromatic rings. The van der Waals surface area contributed by atoms with Crippen LogP contribution in [-0.2, 0) is 5.41 Å². The number of ether oxygens (including phenoxy) is 1. The zero-order valence-electron chi connectivity index (χ0n) is 30.9. The highest BCUT2D eigenvalue weighted by Crippen LogP contribution is 2.62. The van der Waals surface area contributed by atoms with Gasteiger partial charge in [-0.15, -0.1) is 0 Å². The molecule has 0 saturated carbocycles. The third-order valence-electron chi connectivity index (χ3n) is 11.1. The van der Waals surface area contributed by atoms with Crippen LogP contribution in [0.15, 0.2) is 181 Å². The van der Waals surface area contributed by atoms with Crippen LogP contribution in [0.4, 0.5) is 0 Å². The second-order valence-electron chi connectivity index (χ2n) is 14.4. The number of para-hydroxylation sites is 4. The fourth-order valence-electron chi connectivity index (χ4n) is 8.94. The Morgan fingerprint density at radius 1 is 0.582 bits per heavy atom. The van der Waals surface area contributed by atoms with Crippen LogP contribution in [0.5, 0.6) is 11.5 Å². The van der Waals surface area contributed by atoms with Crippen LogP contribution in [0, 0.1) is 0 Å². The highest BCUT2D eigenvalue weighted by atomic mass is 16.5. The van der Waals surface area contributed by atoms with Crippen LogP contribution in [-0.4, -0.2) is 4.57 Å². The van der Waals surface area contributed by atoms with Crippen molar-refractivity contribution in [2.75, 3.05) is 0 Å². The standard InChI is InChI=1S/C49H31NO2.C3H8/c1-2-13-31(32-24-25-46-38(28-32)35-16-5-10-21-45(35)51-46)26-27-50-43-20-9-4-15-34(43)37-29-36-33-14-3-6-17-39(33)49(42(36)30-44(37)50)40-18-7-11-22-47(40)52-48-23-12-8-19-41(48)49;1-3-2/h2-30H,1H2;3H2,1-2H3/b27-26-,31-13+;. The minimum atomic E-state index is -0.534. The monoisotopic (exact) mass is 709 g/mol. The van der Waals surface area contributed by atoms with Crippen LogP contribution in [0.1, 0.15) is 48.1 Å². The van der Waals surface area contributed by atoms with Gasteiger partial charge in [0.1, 0.15) is 22.7 Å². The number of allylic oxidation sites excluding steroid dienone is 4. The van der Waals surface area contributed by atoms with Crippen LogP contribution in [0.2, 0.25) is 0 Å². The summed E-state index contributed by atoms with van der Waals surface area (Å²) < 4.78 is 15.1. The van der Waals surface area contributed by atoms with Gasteiger partial charge in [0.25, 0.3) is 0 Å². The van der Waals surface area contributed by atoms with Crippen molar-refractivity contribution in [2.45, 2.75) is 25.7 Å². The van der Waals surface area contributed by atoms with Crippen molar-refractivity contribution in [3.63, 3.8) is 0 Å². The van der Waals surface area contributed by atoms with Gasteiger partial charge in [0.15, 0.2) is 0 Å². The molecule has 0 radical (unpaired) electrons. The van der Waals surface area contributed by atoms with Crippen LogP contribution in [0.25, 0.3) is 66.6 Å².